The largest absolute Gasteiger partial charge is 0.508 e. The van der Waals surface area contributed by atoms with Crippen LogP contribution in [-0.4, -0.2) is 12.2 Å². The van der Waals surface area contributed by atoms with Gasteiger partial charge in [-0.05, 0) is 31.4 Å². The highest BCUT2D eigenvalue weighted by Crippen LogP contribution is 2.43. The molecule has 1 aromatic carbocycles. The number of hydrogen-bond acceptors (Lipinski definition) is 3. The molecule has 14 heavy (non-hydrogen) atoms. The molecule has 0 aliphatic heterocycles. The van der Waals surface area contributed by atoms with Gasteiger partial charge in [-0.15, -0.1) is 0 Å². The van der Waals surface area contributed by atoms with Crippen LogP contribution in [0.5, 0.6) is 11.5 Å². The van der Waals surface area contributed by atoms with E-state index in [2.05, 4.69) is 0 Å². The van der Waals surface area contributed by atoms with Gasteiger partial charge in [-0.2, -0.15) is 0 Å². The van der Waals surface area contributed by atoms with Crippen LogP contribution in [-0.2, 0) is 5.54 Å². The number of rotatable bonds is 2. The summed E-state index contributed by atoms with van der Waals surface area (Å²) in [5.41, 5.74) is 6.96. The molecule has 1 aromatic rings. The average molecular weight is 193 g/mol. The number of phenols is 1. The summed E-state index contributed by atoms with van der Waals surface area (Å²) in [4.78, 5) is 0. The van der Waals surface area contributed by atoms with Gasteiger partial charge >= 0.3 is 0 Å². The Kier molecular flexibility index (Phi) is 2.11. The molecule has 0 saturated heterocycles. The van der Waals surface area contributed by atoms with Crippen molar-refractivity contribution in [1.82, 2.24) is 0 Å². The number of aromatic hydroxyl groups is 1. The van der Waals surface area contributed by atoms with Crippen molar-refractivity contribution >= 4 is 0 Å². The Bertz CT molecular complexity index is 345. The molecule has 2 rings (SSSR count). The van der Waals surface area contributed by atoms with Crippen molar-refractivity contribution in [1.29, 1.82) is 0 Å². The van der Waals surface area contributed by atoms with Gasteiger partial charge in [0.2, 0.25) is 0 Å². The Labute approximate surface area is 83.5 Å². The van der Waals surface area contributed by atoms with Gasteiger partial charge in [-0.3, -0.25) is 0 Å². The lowest BCUT2D eigenvalue weighted by Crippen LogP contribution is -2.43. The number of hydrogen-bond donors (Lipinski definition) is 2. The summed E-state index contributed by atoms with van der Waals surface area (Å²) in [5, 5.41) is 9.30. The Morgan fingerprint density at radius 2 is 2.14 bits per heavy atom. The maximum absolute atomic E-state index is 9.30. The van der Waals surface area contributed by atoms with Crippen molar-refractivity contribution in [2.24, 2.45) is 5.73 Å². The molecular weight excluding hydrogens is 178 g/mol. The van der Waals surface area contributed by atoms with Crippen LogP contribution in [0.3, 0.4) is 0 Å². The van der Waals surface area contributed by atoms with E-state index in [-0.39, 0.29) is 11.3 Å². The zero-order chi connectivity index (χ0) is 10.2. The third kappa shape index (κ3) is 1.34. The third-order valence-corrected chi connectivity index (χ3v) is 2.97. The van der Waals surface area contributed by atoms with Crippen LogP contribution in [0.4, 0.5) is 0 Å². The van der Waals surface area contributed by atoms with Crippen molar-refractivity contribution in [3.8, 4) is 11.5 Å². The quantitative estimate of drug-likeness (QED) is 0.752. The van der Waals surface area contributed by atoms with E-state index in [1.54, 1.807) is 19.2 Å². The normalized spacial score (nSPS) is 18.7. The zero-order valence-electron chi connectivity index (χ0n) is 8.29. The van der Waals surface area contributed by atoms with Gasteiger partial charge in [-0.1, -0.05) is 0 Å². The molecule has 0 atom stereocenters. The first-order valence-electron chi connectivity index (χ1n) is 4.82. The van der Waals surface area contributed by atoms with Crippen LogP contribution in [0, 0.1) is 0 Å². The minimum absolute atomic E-state index is 0.216. The van der Waals surface area contributed by atoms with Crippen molar-refractivity contribution in [2.45, 2.75) is 24.8 Å². The molecule has 0 spiro atoms. The van der Waals surface area contributed by atoms with Gasteiger partial charge in [0.05, 0.1) is 7.11 Å². The summed E-state index contributed by atoms with van der Waals surface area (Å²) < 4.78 is 5.21. The Morgan fingerprint density at radius 3 is 2.64 bits per heavy atom. The first-order valence-corrected chi connectivity index (χ1v) is 4.82. The van der Waals surface area contributed by atoms with Crippen LogP contribution < -0.4 is 10.5 Å². The summed E-state index contributed by atoms with van der Waals surface area (Å²) in [7, 11) is 1.60. The second-order valence-electron chi connectivity index (χ2n) is 3.89. The molecule has 0 bridgehead atoms. The molecule has 1 aliphatic carbocycles. The van der Waals surface area contributed by atoms with E-state index < -0.39 is 0 Å². The lowest BCUT2D eigenvalue weighted by molar-refractivity contribution is 0.243. The number of phenolic OH excluding ortho intramolecular Hbond substituents is 1. The Balaban J connectivity index is 2.41. The van der Waals surface area contributed by atoms with E-state index >= 15 is 0 Å². The van der Waals surface area contributed by atoms with E-state index in [1.165, 1.54) is 6.42 Å². The minimum atomic E-state index is -0.237. The summed E-state index contributed by atoms with van der Waals surface area (Å²) in [6, 6.07) is 5.13. The molecule has 0 radical (unpaired) electrons. The smallest absolute Gasteiger partial charge is 0.127 e. The van der Waals surface area contributed by atoms with Gasteiger partial charge in [0, 0.05) is 17.2 Å². The molecule has 1 fully saturated rings. The van der Waals surface area contributed by atoms with E-state index in [9.17, 15) is 5.11 Å². The Hall–Kier alpha value is -1.22. The average Bonchev–Trinajstić information content (AvgIpc) is 2.14. The van der Waals surface area contributed by atoms with Crippen molar-refractivity contribution < 1.29 is 9.84 Å². The van der Waals surface area contributed by atoms with Crippen LogP contribution in [0.25, 0.3) is 0 Å². The Morgan fingerprint density at radius 1 is 1.43 bits per heavy atom. The summed E-state index contributed by atoms with van der Waals surface area (Å²) in [5.74, 6) is 0.903. The lowest BCUT2D eigenvalue weighted by atomic mass is 9.72. The summed E-state index contributed by atoms with van der Waals surface area (Å²) in [6.07, 6.45) is 3.16. The van der Waals surface area contributed by atoms with E-state index in [1.807, 2.05) is 6.07 Å². The van der Waals surface area contributed by atoms with E-state index in [0.717, 1.165) is 18.4 Å². The van der Waals surface area contributed by atoms with E-state index in [0.29, 0.717) is 5.75 Å². The summed E-state index contributed by atoms with van der Waals surface area (Å²) >= 11 is 0. The molecule has 3 N–H and O–H groups in total. The first-order chi connectivity index (χ1) is 6.65. The molecule has 3 nitrogen and oxygen atoms in total. The van der Waals surface area contributed by atoms with Gasteiger partial charge in [-0.25, -0.2) is 0 Å². The van der Waals surface area contributed by atoms with E-state index in [4.69, 9.17) is 10.5 Å². The third-order valence-electron chi connectivity index (χ3n) is 2.97. The number of ether oxygens (including phenoxy) is 1. The molecule has 1 saturated carbocycles. The van der Waals surface area contributed by atoms with Gasteiger partial charge in [0.1, 0.15) is 11.5 Å². The lowest BCUT2D eigenvalue weighted by Gasteiger charge is -2.39. The maximum Gasteiger partial charge on any atom is 0.127 e. The first kappa shape index (κ1) is 9.34. The van der Waals surface area contributed by atoms with Crippen molar-refractivity contribution in [3.05, 3.63) is 23.8 Å². The zero-order valence-corrected chi connectivity index (χ0v) is 8.29. The fraction of sp³-hybridized carbons (Fsp3) is 0.455. The second-order valence-corrected chi connectivity index (χ2v) is 3.89. The number of nitrogens with two attached hydrogens (primary N) is 1. The molecular formula is C11H15NO2. The molecule has 76 valence electrons. The van der Waals surface area contributed by atoms with Crippen molar-refractivity contribution in [2.75, 3.05) is 7.11 Å². The molecule has 0 heterocycles. The minimum Gasteiger partial charge on any atom is -0.508 e. The second kappa shape index (κ2) is 3.17. The monoisotopic (exact) mass is 193 g/mol. The predicted octanol–water partition coefficient (Wildman–Crippen LogP) is 1.74. The highest BCUT2D eigenvalue weighted by Gasteiger charge is 2.36. The fourth-order valence-corrected chi connectivity index (χ4v) is 1.92. The molecule has 0 amide bonds. The van der Waals surface area contributed by atoms with Crippen LogP contribution in [0.1, 0.15) is 24.8 Å². The summed E-state index contributed by atoms with van der Waals surface area (Å²) in [6.45, 7) is 0. The van der Waals surface area contributed by atoms with Crippen LogP contribution >= 0.6 is 0 Å². The highest BCUT2D eigenvalue weighted by atomic mass is 16.5. The molecule has 0 unspecified atom stereocenters. The highest BCUT2D eigenvalue weighted by molar-refractivity contribution is 5.44. The maximum atomic E-state index is 9.30. The van der Waals surface area contributed by atoms with Crippen molar-refractivity contribution in [3.63, 3.8) is 0 Å². The number of methoxy groups -OCH3 is 1. The number of benzene rings is 1. The van der Waals surface area contributed by atoms with Crippen LogP contribution in [0.2, 0.25) is 0 Å². The SMILES string of the molecule is COc1cc(O)ccc1C1(N)CCC1. The van der Waals surface area contributed by atoms with Crippen LogP contribution in [0.15, 0.2) is 18.2 Å². The standard InChI is InChI=1S/C11H15NO2/c1-14-10-7-8(13)3-4-9(10)11(12)5-2-6-11/h3-4,7,13H,2,5-6,12H2,1H3. The molecule has 3 heteroatoms. The molecule has 0 aromatic heterocycles. The predicted molar refractivity (Wildman–Crippen MR) is 54.4 cm³/mol. The fourth-order valence-electron chi connectivity index (χ4n) is 1.92. The van der Waals surface area contributed by atoms with Gasteiger partial charge in [0.25, 0.3) is 0 Å². The topological polar surface area (TPSA) is 55.5 Å². The van der Waals surface area contributed by atoms with Gasteiger partial charge < -0.3 is 15.6 Å². The molecule has 1 aliphatic rings. The van der Waals surface area contributed by atoms with Gasteiger partial charge in [0.15, 0.2) is 0 Å².